The Morgan fingerprint density at radius 2 is 1.74 bits per heavy atom. The number of methoxy groups -OCH3 is 1. The average Bonchev–Trinajstić information content (AvgIpc) is 2.71. The molecule has 140 valence electrons. The summed E-state index contributed by atoms with van der Waals surface area (Å²) >= 11 is 0. The van der Waals surface area contributed by atoms with Crippen molar-refractivity contribution in [3.05, 3.63) is 77.9 Å². The molecule has 0 radical (unpaired) electrons. The zero-order valence-electron chi connectivity index (χ0n) is 15.8. The highest BCUT2D eigenvalue weighted by Crippen LogP contribution is 2.20. The van der Waals surface area contributed by atoms with Crippen molar-refractivity contribution in [2.45, 2.75) is 19.4 Å². The number of benzene rings is 3. The zero-order valence-corrected chi connectivity index (χ0v) is 15.8. The number of hydrogen-bond donors (Lipinski definition) is 1. The average molecular weight is 363 g/mol. The summed E-state index contributed by atoms with van der Waals surface area (Å²) in [5.74, 6) is 0.545. The molecule has 0 fully saturated rings. The number of rotatable bonds is 8. The highest BCUT2D eigenvalue weighted by atomic mass is 16.5. The van der Waals surface area contributed by atoms with Crippen LogP contribution in [-0.4, -0.2) is 26.2 Å². The van der Waals surface area contributed by atoms with E-state index < -0.39 is 0 Å². The molecular weight excluding hydrogens is 338 g/mol. The van der Waals surface area contributed by atoms with Gasteiger partial charge < -0.3 is 14.8 Å². The van der Waals surface area contributed by atoms with Gasteiger partial charge in [-0.2, -0.15) is 0 Å². The predicted octanol–water partition coefficient (Wildman–Crippen LogP) is 4.28. The first kappa shape index (κ1) is 18.9. The Bertz CT molecular complexity index is 890. The zero-order chi connectivity index (χ0) is 19.1. The van der Waals surface area contributed by atoms with Gasteiger partial charge in [-0.05, 0) is 53.4 Å². The van der Waals surface area contributed by atoms with E-state index in [9.17, 15) is 4.79 Å². The largest absolute Gasteiger partial charge is 0.484 e. The topological polar surface area (TPSA) is 47.6 Å². The lowest BCUT2D eigenvalue weighted by molar-refractivity contribution is -0.123. The molecule has 4 nitrogen and oxygen atoms in total. The first-order chi connectivity index (χ1) is 13.2. The molecule has 1 atom stereocenters. The summed E-state index contributed by atoms with van der Waals surface area (Å²) in [4.78, 5) is 12.2. The van der Waals surface area contributed by atoms with Crippen molar-refractivity contribution in [2.75, 3.05) is 20.3 Å². The van der Waals surface area contributed by atoms with Gasteiger partial charge in [-0.3, -0.25) is 4.79 Å². The fourth-order valence-corrected chi connectivity index (χ4v) is 2.96. The van der Waals surface area contributed by atoms with E-state index in [1.54, 1.807) is 7.11 Å². The molecule has 0 heterocycles. The van der Waals surface area contributed by atoms with Crippen LogP contribution in [-0.2, 0) is 16.0 Å². The molecule has 4 heteroatoms. The minimum absolute atomic E-state index is 0.00462. The van der Waals surface area contributed by atoms with Gasteiger partial charge in [0.25, 0.3) is 5.91 Å². The maximum absolute atomic E-state index is 12.2. The fourth-order valence-electron chi connectivity index (χ4n) is 2.96. The molecule has 0 spiro atoms. The minimum atomic E-state index is -0.140. The molecule has 0 unspecified atom stereocenters. The number of amides is 1. The van der Waals surface area contributed by atoms with Gasteiger partial charge in [0.05, 0.1) is 12.6 Å². The summed E-state index contributed by atoms with van der Waals surface area (Å²) < 4.78 is 10.7. The Kier molecular flexibility index (Phi) is 6.44. The first-order valence-electron chi connectivity index (χ1n) is 9.14. The van der Waals surface area contributed by atoms with Crippen LogP contribution >= 0.6 is 0 Å². The molecular formula is C23H25NO3. The number of carbonyl (C=O) groups excluding carboxylic acids is 1. The van der Waals surface area contributed by atoms with Crippen molar-refractivity contribution >= 4 is 16.7 Å². The second-order valence-electron chi connectivity index (χ2n) is 6.57. The lowest BCUT2D eigenvalue weighted by atomic mass is 10.0. The van der Waals surface area contributed by atoms with Gasteiger partial charge in [0.2, 0.25) is 0 Å². The van der Waals surface area contributed by atoms with Crippen molar-refractivity contribution in [3.8, 4) is 5.75 Å². The molecule has 3 aromatic carbocycles. The summed E-state index contributed by atoms with van der Waals surface area (Å²) in [6, 6.07) is 22.1. The number of carbonyl (C=O) groups is 1. The molecule has 3 aromatic rings. The highest BCUT2D eigenvalue weighted by molar-refractivity contribution is 5.83. The third-order valence-electron chi connectivity index (χ3n) is 4.54. The van der Waals surface area contributed by atoms with Crippen LogP contribution < -0.4 is 10.1 Å². The molecule has 27 heavy (non-hydrogen) atoms. The summed E-state index contributed by atoms with van der Waals surface area (Å²) in [6.07, 6.45) is 0.862. The van der Waals surface area contributed by atoms with E-state index in [0.29, 0.717) is 12.4 Å². The smallest absolute Gasteiger partial charge is 0.258 e. The Morgan fingerprint density at radius 1 is 1.00 bits per heavy atom. The fraction of sp³-hybridized carbons (Fsp3) is 0.261. The van der Waals surface area contributed by atoms with Crippen molar-refractivity contribution in [3.63, 3.8) is 0 Å². The van der Waals surface area contributed by atoms with E-state index in [-0.39, 0.29) is 18.6 Å². The maximum Gasteiger partial charge on any atom is 0.258 e. The Labute approximate surface area is 160 Å². The van der Waals surface area contributed by atoms with Crippen molar-refractivity contribution in [1.82, 2.24) is 5.32 Å². The molecule has 1 N–H and O–H groups in total. The maximum atomic E-state index is 12.2. The van der Waals surface area contributed by atoms with E-state index in [0.717, 1.165) is 12.0 Å². The quantitative estimate of drug-likeness (QED) is 0.650. The summed E-state index contributed by atoms with van der Waals surface area (Å²) in [6.45, 7) is 2.66. The number of ether oxygens (including phenoxy) is 2. The van der Waals surface area contributed by atoms with E-state index in [2.05, 4.69) is 29.6 Å². The van der Waals surface area contributed by atoms with Crippen molar-refractivity contribution in [1.29, 1.82) is 0 Å². The lowest BCUT2D eigenvalue weighted by Gasteiger charge is -2.15. The van der Waals surface area contributed by atoms with Gasteiger partial charge in [-0.25, -0.2) is 0 Å². The second kappa shape index (κ2) is 9.19. The standard InChI is InChI=1S/C23H25NO3/c1-17(20-10-9-19-5-3-4-6-21(19)15-20)24-23(25)16-27-22-11-7-18(8-12-22)13-14-26-2/h3-12,15,17H,13-14,16H2,1-2H3,(H,24,25)/t17-/m0/s1. The first-order valence-corrected chi connectivity index (χ1v) is 9.14. The molecule has 1 amide bonds. The van der Waals surface area contributed by atoms with Crippen LogP contribution in [0.4, 0.5) is 0 Å². The summed E-state index contributed by atoms with van der Waals surface area (Å²) in [7, 11) is 1.69. The van der Waals surface area contributed by atoms with Gasteiger partial charge >= 0.3 is 0 Å². The Morgan fingerprint density at radius 3 is 2.48 bits per heavy atom. The van der Waals surface area contributed by atoms with E-state index >= 15 is 0 Å². The van der Waals surface area contributed by atoms with Crippen LogP contribution in [0.3, 0.4) is 0 Å². The van der Waals surface area contributed by atoms with Gasteiger partial charge in [0.1, 0.15) is 5.75 Å². The third-order valence-corrected chi connectivity index (χ3v) is 4.54. The molecule has 0 aliphatic heterocycles. The van der Waals surface area contributed by atoms with E-state index in [4.69, 9.17) is 9.47 Å². The third kappa shape index (κ3) is 5.31. The van der Waals surface area contributed by atoms with Crippen LogP contribution in [0.25, 0.3) is 10.8 Å². The molecule has 3 rings (SSSR count). The molecule has 0 bridgehead atoms. The van der Waals surface area contributed by atoms with Crippen LogP contribution in [0.5, 0.6) is 5.75 Å². The minimum Gasteiger partial charge on any atom is -0.484 e. The molecule has 0 aromatic heterocycles. The Hall–Kier alpha value is -2.85. The normalized spacial score (nSPS) is 11.9. The SMILES string of the molecule is COCCc1ccc(OCC(=O)N[C@@H](C)c2ccc3ccccc3c2)cc1. The van der Waals surface area contributed by atoms with Crippen LogP contribution in [0, 0.1) is 0 Å². The summed E-state index contributed by atoms with van der Waals surface area (Å²) in [5, 5.41) is 5.35. The molecule has 0 aliphatic carbocycles. The number of fused-ring (bicyclic) bond motifs is 1. The van der Waals surface area contributed by atoms with Crippen molar-refractivity contribution in [2.24, 2.45) is 0 Å². The van der Waals surface area contributed by atoms with Crippen molar-refractivity contribution < 1.29 is 14.3 Å². The second-order valence-corrected chi connectivity index (χ2v) is 6.57. The predicted molar refractivity (Wildman–Crippen MR) is 108 cm³/mol. The molecule has 0 aliphatic rings. The van der Waals surface area contributed by atoms with Crippen LogP contribution in [0.1, 0.15) is 24.1 Å². The summed E-state index contributed by atoms with van der Waals surface area (Å²) in [5.41, 5.74) is 2.25. The van der Waals surface area contributed by atoms with Gasteiger partial charge in [0.15, 0.2) is 6.61 Å². The highest BCUT2D eigenvalue weighted by Gasteiger charge is 2.11. The van der Waals surface area contributed by atoms with E-state index in [1.165, 1.54) is 16.3 Å². The van der Waals surface area contributed by atoms with E-state index in [1.807, 2.05) is 49.4 Å². The molecule has 0 saturated carbocycles. The number of nitrogens with one attached hydrogen (secondary N) is 1. The Balaban J connectivity index is 1.52. The number of hydrogen-bond acceptors (Lipinski definition) is 3. The van der Waals surface area contributed by atoms with Crippen LogP contribution in [0.2, 0.25) is 0 Å². The van der Waals surface area contributed by atoms with Gasteiger partial charge in [-0.1, -0.05) is 48.5 Å². The van der Waals surface area contributed by atoms with Gasteiger partial charge in [0, 0.05) is 7.11 Å². The monoisotopic (exact) mass is 363 g/mol. The van der Waals surface area contributed by atoms with Crippen LogP contribution in [0.15, 0.2) is 66.7 Å². The lowest BCUT2D eigenvalue weighted by Crippen LogP contribution is -2.31. The molecule has 0 saturated heterocycles. The van der Waals surface area contributed by atoms with Gasteiger partial charge in [-0.15, -0.1) is 0 Å².